The van der Waals surface area contributed by atoms with E-state index in [2.05, 4.69) is 15.3 Å². The summed E-state index contributed by atoms with van der Waals surface area (Å²) in [6.07, 6.45) is 3.95. The van der Waals surface area contributed by atoms with Crippen molar-refractivity contribution in [3.63, 3.8) is 0 Å². The highest BCUT2D eigenvalue weighted by Crippen LogP contribution is 2.10. The molecule has 0 aromatic carbocycles. The summed E-state index contributed by atoms with van der Waals surface area (Å²) in [6.45, 7) is 0.609. The van der Waals surface area contributed by atoms with Gasteiger partial charge in [-0.05, 0) is 0 Å². The first-order chi connectivity index (χ1) is 6.79. The molecule has 0 unspecified atom stereocenters. The SMILES string of the molecule is CN=C(N)NCc1cn2ccsc2n1.I. The second-order valence-electron chi connectivity index (χ2n) is 2.79. The number of nitrogens with zero attached hydrogens (tertiary/aromatic N) is 3. The lowest BCUT2D eigenvalue weighted by molar-refractivity contribution is 0.873. The zero-order valence-electron chi connectivity index (χ0n) is 8.17. The van der Waals surface area contributed by atoms with E-state index in [-0.39, 0.29) is 24.0 Å². The van der Waals surface area contributed by atoms with Crippen molar-refractivity contribution in [2.75, 3.05) is 7.05 Å². The molecule has 2 heterocycles. The zero-order valence-corrected chi connectivity index (χ0v) is 11.3. The fraction of sp³-hybridized carbons (Fsp3) is 0.250. The lowest BCUT2D eigenvalue weighted by Crippen LogP contribution is -2.30. The first-order valence-electron chi connectivity index (χ1n) is 4.17. The van der Waals surface area contributed by atoms with Crippen LogP contribution in [0.3, 0.4) is 0 Å². The molecule has 0 spiro atoms. The van der Waals surface area contributed by atoms with Crippen molar-refractivity contribution >= 4 is 46.2 Å². The van der Waals surface area contributed by atoms with Crippen molar-refractivity contribution in [3.05, 3.63) is 23.5 Å². The summed E-state index contributed by atoms with van der Waals surface area (Å²) >= 11 is 1.61. The Morgan fingerprint density at radius 1 is 1.73 bits per heavy atom. The van der Waals surface area contributed by atoms with E-state index in [1.165, 1.54) is 0 Å². The van der Waals surface area contributed by atoms with Gasteiger partial charge in [0.25, 0.3) is 0 Å². The number of nitrogens with two attached hydrogens (primary N) is 1. The Kier molecular flexibility index (Phi) is 4.33. The highest BCUT2D eigenvalue weighted by molar-refractivity contribution is 14.0. The van der Waals surface area contributed by atoms with Crippen molar-refractivity contribution in [2.24, 2.45) is 10.7 Å². The minimum atomic E-state index is 0. The fourth-order valence-corrected chi connectivity index (χ4v) is 1.84. The van der Waals surface area contributed by atoms with Gasteiger partial charge >= 0.3 is 0 Å². The Morgan fingerprint density at radius 3 is 3.20 bits per heavy atom. The summed E-state index contributed by atoms with van der Waals surface area (Å²) in [5, 5.41) is 4.96. The van der Waals surface area contributed by atoms with Crippen molar-refractivity contribution in [2.45, 2.75) is 6.54 Å². The van der Waals surface area contributed by atoms with Gasteiger partial charge in [0, 0.05) is 24.8 Å². The van der Waals surface area contributed by atoms with Gasteiger partial charge in [0.05, 0.1) is 12.2 Å². The maximum atomic E-state index is 5.50. The molecule has 0 saturated carbocycles. The van der Waals surface area contributed by atoms with E-state index in [4.69, 9.17) is 5.73 Å². The lowest BCUT2D eigenvalue weighted by Gasteiger charge is -2.00. The number of hydrogen-bond acceptors (Lipinski definition) is 3. The molecule has 0 aliphatic heterocycles. The van der Waals surface area contributed by atoms with E-state index >= 15 is 0 Å². The standard InChI is InChI=1S/C8H11N5S.HI/c1-10-7(9)11-4-6-5-13-2-3-14-8(13)12-6;/h2-3,5H,4H2,1H3,(H3,9,10,11);1H. The molecule has 0 saturated heterocycles. The van der Waals surface area contributed by atoms with Crippen LogP contribution in [0.25, 0.3) is 4.96 Å². The number of imidazole rings is 1. The van der Waals surface area contributed by atoms with Crippen molar-refractivity contribution in [1.29, 1.82) is 0 Å². The van der Waals surface area contributed by atoms with Crippen LogP contribution in [-0.4, -0.2) is 22.4 Å². The third kappa shape index (κ3) is 2.81. The summed E-state index contributed by atoms with van der Waals surface area (Å²) in [6, 6.07) is 0. The summed E-state index contributed by atoms with van der Waals surface area (Å²) in [5.74, 6) is 0.432. The first kappa shape index (κ1) is 12.2. The van der Waals surface area contributed by atoms with E-state index in [0.29, 0.717) is 12.5 Å². The quantitative estimate of drug-likeness (QED) is 0.489. The average Bonchev–Trinajstić information content (AvgIpc) is 2.73. The monoisotopic (exact) mass is 337 g/mol. The van der Waals surface area contributed by atoms with Gasteiger partial charge in [-0.1, -0.05) is 0 Å². The number of nitrogens with one attached hydrogen (secondary N) is 1. The van der Waals surface area contributed by atoms with Crippen LogP contribution in [0.15, 0.2) is 22.8 Å². The average molecular weight is 337 g/mol. The topological polar surface area (TPSA) is 67.7 Å². The number of halogens is 1. The van der Waals surface area contributed by atoms with E-state index in [1.807, 2.05) is 22.2 Å². The van der Waals surface area contributed by atoms with Gasteiger partial charge in [-0.15, -0.1) is 35.3 Å². The van der Waals surface area contributed by atoms with Crippen LogP contribution >= 0.6 is 35.3 Å². The predicted molar refractivity (Wildman–Crippen MR) is 72.9 cm³/mol. The molecule has 0 amide bonds. The first-order valence-corrected chi connectivity index (χ1v) is 5.05. The largest absolute Gasteiger partial charge is 0.370 e. The van der Waals surface area contributed by atoms with E-state index < -0.39 is 0 Å². The van der Waals surface area contributed by atoms with Crippen molar-refractivity contribution in [1.82, 2.24) is 14.7 Å². The summed E-state index contributed by atoms with van der Waals surface area (Å²) < 4.78 is 1.99. The normalized spacial score (nSPS) is 11.4. The molecule has 2 aromatic rings. The fourth-order valence-electron chi connectivity index (χ4n) is 1.12. The van der Waals surface area contributed by atoms with E-state index in [1.54, 1.807) is 18.4 Å². The lowest BCUT2D eigenvalue weighted by atomic mass is 10.5. The van der Waals surface area contributed by atoms with Crippen LogP contribution in [-0.2, 0) is 6.54 Å². The Bertz CT molecular complexity index is 432. The van der Waals surface area contributed by atoms with Gasteiger partial charge < -0.3 is 11.1 Å². The number of rotatable bonds is 2. The molecule has 3 N–H and O–H groups in total. The second kappa shape index (κ2) is 5.31. The third-order valence-corrected chi connectivity index (χ3v) is 2.61. The Morgan fingerprint density at radius 2 is 2.53 bits per heavy atom. The van der Waals surface area contributed by atoms with Crippen LogP contribution in [0.4, 0.5) is 0 Å². The number of guanidine groups is 1. The van der Waals surface area contributed by atoms with Gasteiger partial charge in [0.1, 0.15) is 0 Å². The maximum Gasteiger partial charge on any atom is 0.193 e. The number of fused-ring (bicyclic) bond motifs is 1. The zero-order chi connectivity index (χ0) is 9.97. The minimum absolute atomic E-state index is 0. The molecule has 15 heavy (non-hydrogen) atoms. The maximum absolute atomic E-state index is 5.50. The van der Waals surface area contributed by atoms with E-state index in [0.717, 1.165) is 10.7 Å². The molecule has 82 valence electrons. The van der Waals surface area contributed by atoms with Crippen LogP contribution in [0.1, 0.15) is 5.69 Å². The summed E-state index contributed by atoms with van der Waals surface area (Å²) in [7, 11) is 1.65. The highest BCUT2D eigenvalue weighted by Gasteiger charge is 2.01. The Labute approximate surface area is 108 Å². The van der Waals surface area contributed by atoms with Gasteiger partial charge in [0.15, 0.2) is 10.9 Å². The molecule has 7 heteroatoms. The summed E-state index contributed by atoms with van der Waals surface area (Å²) in [4.78, 5) is 9.18. The predicted octanol–water partition coefficient (Wildman–Crippen LogP) is 1.05. The minimum Gasteiger partial charge on any atom is -0.370 e. The molecule has 2 aromatic heterocycles. The number of aliphatic imine (C=N–C) groups is 1. The molecule has 0 atom stereocenters. The van der Waals surface area contributed by atoms with Gasteiger partial charge in [-0.3, -0.25) is 9.39 Å². The number of thiazole rings is 1. The molecular weight excluding hydrogens is 325 g/mol. The van der Waals surface area contributed by atoms with Crippen molar-refractivity contribution < 1.29 is 0 Å². The molecule has 0 aliphatic carbocycles. The van der Waals surface area contributed by atoms with Crippen LogP contribution in [0.5, 0.6) is 0 Å². The van der Waals surface area contributed by atoms with Gasteiger partial charge in [-0.25, -0.2) is 4.98 Å². The third-order valence-electron chi connectivity index (χ3n) is 1.83. The molecule has 0 fully saturated rings. The van der Waals surface area contributed by atoms with Gasteiger partial charge in [-0.2, -0.15) is 0 Å². The van der Waals surface area contributed by atoms with Crippen LogP contribution < -0.4 is 11.1 Å². The molecular formula is C8H12IN5S. The smallest absolute Gasteiger partial charge is 0.193 e. The number of hydrogen-bond donors (Lipinski definition) is 2. The van der Waals surface area contributed by atoms with E-state index in [9.17, 15) is 0 Å². The van der Waals surface area contributed by atoms with Gasteiger partial charge in [0.2, 0.25) is 0 Å². The molecule has 5 nitrogen and oxygen atoms in total. The molecule has 2 rings (SSSR count). The molecule has 0 radical (unpaired) electrons. The van der Waals surface area contributed by atoms with Crippen molar-refractivity contribution in [3.8, 4) is 0 Å². The second-order valence-corrected chi connectivity index (χ2v) is 3.66. The number of aromatic nitrogens is 2. The van der Waals surface area contributed by atoms with Crippen LogP contribution in [0.2, 0.25) is 0 Å². The Balaban J connectivity index is 0.00000112. The van der Waals surface area contributed by atoms with Crippen LogP contribution in [0, 0.1) is 0 Å². The molecule has 0 bridgehead atoms. The molecule has 0 aliphatic rings. The highest BCUT2D eigenvalue weighted by atomic mass is 127. The Hall–Kier alpha value is -0.830. The summed E-state index contributed by atoms with van der Waals surface area (Å²) in [5.41, 5.74) is 6.46.